The zero-order valence-corrected chi connectivity index (χ0v) is 12.5. The van der Waals surface area contributed by atoms with E-state index in [1.807, 2.05) is 12.1 Å². The number of nitrogens with two attached hydrogens (primary N) is 1. The topological polar surface area (TPSA) is 55.1 Å². The van der Waals surface area contributed by atoms with Crippen molar-refractivity contribution in [1.29, 1.82) is 0 Å². The van der Waals surface area contributed by atoms with Gasteiger partial charge in [0.2, 0.25) is 5.91 Å². The summed E-state index contributed by atoms with van der Waals surface area (Å²) in [4.78, 5) is 11.1. The first kappa shape index (κ1) is 13.2. The molecule has 1 aliphatic carbocycles. The molecule has 1 atom stereocenters. The highest BCUT2D eigenvalue weighted by Crippen LogP contribution is 2.37. The van der Waals surface area contributed by atoms with E-state index in [2.05, 4.69) is 39.4 Å². The summed E-state index contributed by atoms with van der Waals surface area (Å²) in [6.45, 7) is 0. The van der Waals surface area contributed by atoms with Crippen molar-refractivity contribution in [3.05, 3.63) is 63.6 Å². The number of carbonyl (C=O) groups is 1. The molecule has 1 aliphatic rings. The number of rotatable bonds is 3. The third kappa shape index (κ3) is 2.43. The second-order valence-electron chi connectivity index (χ2n) is 4.98. The highest BCUT2D eigenvalue weighted by atomic mass is 79.9. The van der Waals surface area contributed by atoms with Crippen LogP contribution in [0.5, 0.6) is 0 Å². The molecule has 3 N–H and O–H groups in total. The Morgan fingerprint density at radius 2 is 1.95 bits per heavy atom. The highest BCUT2D eigenvalue weighted by molar-refractivity contribution is 9.10. The number of primary amides is 1. The first-order valence-electron chi connectivity index (χ1n) is 6.59. The van der Waals surface area contributed by atoms with Crippen LogP contribution in [0.4, 0.5) is 5.69 Å². The Labute approximate surface area is 126 Å². The summed E-state index contributed by atoms with van der Waals surface area (Å²) < 4.78 is 1.18. The summed E-state index contributed by atoms with van der Waals surface area (Å²) in [7, 11) is 0. The zero-order valence-electron chi connectivity index (χ0n) is 10.9. The minimum Gasteiger partial charge on any atom is -0.378 e. The number of carbonyl (C=O) groups excluding carboxylic acids is 1. The molecule has 0 aliphatic heterocycles. The average Bonchev–Trinajstić information content (AvgIpc) is 2.84. The number of halogens is 1. The highest BCUT2D eigenvalue weighted by Gasteiger charge is 2.23. The van der Waals surface area contributed by atoms with Gasteiger partial charge in [0.1, 0.15) is 0 Å². The van der Waals surface area contributed by atoms with Gasteiger partial charge in [0, 0.05) is 15.7 Å². The molecule has 1 unspecified atom stereocenters. The van der Waals surface area contributed by atoms with E-state index in [1.165, 1.54) is 15.6 Å². The molecule has 4 heteroatoms. The van der Waals surface area contributed by atoms with Crippen molar-refractivity contribution in [2.45, 2.75) is 18.9 Å². The summed E-state index contributed by atoms with van der Waals surface area (Å²) in [6, 6.07) is 13.9. The molecule has 0 saturated carbocycles. The molecule has 0 radical (unpaired) electrons. The van der Waals surface area contributed by atoms with Crippen LogP contribution in [0.25, 0.3) is 0 Å². The normalized spacial score (nSPS) is 16.8. The van der Waals surface area contributed by atoms with Crippen LogP contribution >= 0.6 is 15.9 Å². The third-order valence-corrected chi connectivity index (χ3v) is 4.47. The molecule has 20 heavy (non-hydrogen) atoms. The SMILES string of the molecule is NC(=O)c1ccc(NC2CCc3c(Br)cccc32)cc1. The number of anilines is 1. The van der Waals surface area contributed by atoms with Gasteiger partial charge in [-0.25, -0.2) is 0 Å². The Morgan fingerprint density at radius 1 is 1.20 bits per heavy atom. The predicted octanol–water partition coefficient (Wildman–Crippen LogP) is 3.65. The van der Waals surface area contributed by atoms with Crippen molar-refractivity contribution in [2.24, 2.45) is 5.73 Å². The van der Waals surface area contributed by atoms with E-state index in [1.54, 1.807) is 12.1 Å². The number of amides is 1. The van der Waals surface area contributed by atoms with E-state index in [9.17, 15) is 4.79 Å². The van der Waals surface area contributed by atoms with Crippen molar-refractivity contribution >= 4 is 27.5 Å². The monoisotopic (exact) mass is 330 g/mol. The van der Waals surface area contributed by atoms with Crippen molar-refractivity contribution in [1.82, 2.24) is 0 Å². The molecule has 0 saturated heterocycles. The van der Waals surface area contributed by atoms with Crippen LogP contribution in [0.15, 0.2) is 46.9 Å². The maximum atomic E-state index is 11.1. The Balaban J connectivity index is 1.80. The second-order valence-corrected chi connectivity index (χ2v) is 5.84. The van der Waals surface area contributed by atoms with E-state index in [4.69, 9.17) is 5.73 Å². The fourth-order valence-electron chi connectivity index (χ4n) is 2.69. The van der Waals surface area contributed by atoms with Crippen LogP contribution < -0.4 is 11.1 Å². The minimum absolute atomic E-state index is 0.321. The number of benzene rings is 2. The predicted molar refractivity (Wildman–Crippen MR) is 83.8 cm³/mol. The standard InChI is InChI=1S/C16H15BrN2O/c17-14-3-1-2-13-12(14)8-9-15(13)19-11-6-4-10(5-7-11)16(18)20/h1-7,15,19H,8-9H2,(H2,18,20). The first-order valence-corrected chi connectivity index (χ1v) is 7.38. The number of fused-ring (bicyclic) bond motifs is 1. The van der Waals surface area contributed by atoms with Crippen LogP contribution in [-0.4, -0.2) is 5.91 Å². The third-order valence-electron chi connectivity index (χ3n) is 3.72. The van der Waals surface area contributed by atoms with Gasteiger partial charge in [-0.3, -0.25) is 4.79 Å². The van der Waals surface area contributed by atoms with Crippen LogP contribution in [-0.2, 0) is 6.42 Å². The smallest absolute Gasteiger partial charge is 0.248 e. The Morgan fingerprint density at radius 3 is 2.65 bits per heavy atom. The van der Waals surface area contributed by atoms with E-state index in [-0.39, 0.29) is 0 Å². The maximum Gasteiger partial charge on any atom is 0.248 e. The van der Waals surface area contributed by atoms with E-state index < -0.39 is 5.91 Å². The fraction of sp³-hybridized carbons (Fsp3) is 0.188. The molecule has 3 rings (SSSR count). The van der Waals surface area contributed by atoms with Crippen molar-refractivity contribution < 1.29 is 4.79 Å². The molecule has 3 nitrogen and oxygen atoms in total. The molecule has 2 aromatic carbocycles. The van der Waals surface area contributed by atoms with E-state index in [0.717, 1.165) is 18.5 Å². The van der Waals surface area contributed by atoms with E-state index >= 15 is 0 Å². The van der Waals surface area contributed by atoms with Gasteiger partial charge in [0.25, 0.3) is 0 Å². The lowest BCUT2D eigenvalue weighted by Gasteiger charge is -2.16. The van der Waals surface area contributed by atoms with Crippen molar-refractivity contribution in [2.75, 3.05) is 5.32 Å². The van der Waals surface area contributed by atoms with Crippen LogP contribution in [0.3, 0.4) is 0 Å². The summed E-state index contributed by atoms with van der Waals surface area (Å²) in [6.07, 6.45) is 2.16. The average molecular weight is 331 g/mol. The molecule has 0 spiro atoms. The summed E-state index contributed by atoms with van der Waals surface area (Å²) >= 11 is 3.61. The van der Waals surface area contributed by atoms with E-state index in [0.29, 0.717) is 11.6 Å². The van der Waals surface area contributed by atoms with Gasteiger partial charge in [-0.05, 0) is 54.3 Å². The van der Waals surface area contributed by atoms with Crippen molar-refractivity contribution in [3.8, 4) is 0 Å². The summed E-state index contributed by atoms with van der Waals surface area (Å²) in [5.74, 6) is -0.397. The second kappa shape index (κ2) is 5.29. The van der Waals surface area contributed by atoms with Crippen LogP contribution in [0.2, 0.25) is 0 Å². The molecule has 0 bridgehead atoms. The Bertz CT molecular complexity index is 652. The lowest BCUT2D eigenvalue weighted by atomic mass is 10.1. The zero-order chi connectivity index (χ0) is 14.1. The fourth-order valence-corrected chi connectivity index (χ4v) is 3.27. The summed E-state index contributed by atoms with van der Waals surface area (Å²) in [5, 5.41) is 3.52. The molecule has 1 amide bonds. The number of hydrogen-bond donors (Lipinski definition) is 2. The van der Waals surface area contributed by atoms with Crippen LogP contribution in [0.1, 0.15) is 33.9 Å². The van der Waals surface area contributed by atoms with Gasteiger partial charge in [-0.2, -0.15) is 0 Å². The number of nitrogens with one attached hydrogen (secondary N) is 1. The molecular weight excluding hydrogens is 316 g/mol. The number of hydrogen-bond acceptors (Lipinski definition) is 2. The quantitative estimate of drug-likeness (QED) is 0.902. The molecule has 102 valence electrons. The molecular formula is C16H15BrN2O. The van der Waals surface area contributed by atoms with Gasteiger partial charge >= 0.3 is 0 Å². The van der Waals surface area contributed by atoms with Crippen molar-refractivity contribution in [3.63, 3.8) is 0 Å². The lowest BCUT2D eigenvalue weighted by Crippen LogP contribution is -2.11. The van der Waals surface area contributed by atoms with Crippen LogP contribution in [0, 0.1) is 0 Å². The van der Waals surface area contributed by atoms with Gasteiger partial charge in [-0.1, -0.05) is 28.1 Å². The lowest BCUT2D eigenvalue weighted by molar-refractivity contribution is 0.100. The molecule has 2 aromatic rings. The molecule has 0 fully saturated rings. The van der Waals surface area contributed by atoms with Gasteiger partial charge in [0.05, 0.1) is 6.04 Å². The Kier molecular flexibility index (Phi) is 3.49. The van der Waals surface area contributed by atoms with Gasteiger partial charge in [-0.15, -0.1) is 0 Å². The first-order chi connectivity index (χ1) is 9.65. The Hall–Kier alpha value is -1.81. The maximum absolute atomic E-state index is 11.1. The minimum atomic E-state index is -0.397. The molecule has 0 heterocycles. The largest absolute Gasteiger partial charge is 0.378 e. The van der Waals surface area contributed by atoms with Gasteiger partial charge < -0.3 is 11.1 Å². The van der Waals surface area contributed by atoms with Gasteiger partial charge in [0.15, 0.2) is 0 Å². The molecule has 0 aromatic heterocycles. The summed E-state index contributed by atoms with van der Waals surface area (Å²) in [5.41, 5.74) is 9.52.